The van der Waals surface area contributed by atoms with Crippen LogP contribution in [0, 0.1) is 0 Å². The Hall–Kier alpha value is -3.81. The lowest BCUT2D eigenvalue weighted by Gasteiger charge is -2.07. The summed E-state index contributed by atoms with van der Waals surface area (Å²) < 4.78 is 6.55. The molecule has 8 nitrogen and oxygen atoms in total. The van der Waals surface area contributed by atoms with Crippen molar-refractivity contribution in [3.8, 4) is 5.75 Å². The van der Waals surface area contributed by atoms with E-state index in [0.717, 1.165) is 23.4 Å². The van der Waals surface area contributed by atoms with Crippen molar-refractivity contribution in [2.75, 3.05) is 17.7 Å². The fourth-order valence-corrected chi connectivity index (χ4v) is 3.10. The second-order valence-electron chi connectivity index (χ2n) is 6.90. The minimum absolute atomic E-state index is 0.213. The molecule has 4 rings (SSSR count). The lowest BCUT2D eigenvalue weighted by Crippen LogP contribution is -2.17. The van der Waals surface area contributed by atoms with Gasteiger partial charge in [-0.1, -0.05) is 37.3 Å². The van der Waals surface area contributed by atoms with Crippen LogP contribution < -0.4 is 20.9 Å². The van der Waals surface area contributed by atoms with Crippen LogP contribution in [-0.2, 0) is 19.5 Å². The first-order valence-electron chi connectivity index (χ1n) is 9.83. The first-order valence-corrected chi connectivity index (χ1v) is 9.83. The number of rotatable bonds is 8. The number of anilines is 2. The lowest BCUT2D eigenvalue weighted by atomic mass is 10.1. The maximum atomic E-state index is 12.4. The monoisotopic (exact) mass is 404 g/mol. The topological polar surface area (TPSA) is 96.3 Å². The molecule has 0 spiro atoms. The van der Waals surface area contributed by atoms with Crippen LogP contribution in [0.25, 0.3) is 5.78 Å². The minimum atomic E-state index is -0.213. The number of H-pyrrole nitrogens is 1. The summed E-state index contributed by atoms with van der Waals surface area (Å²) in [4.78, 5) is 21.3. The molecule has 2 heterocycles. The van der Waals surface area contributed by atoms with E-state index in [-0.39, 0.29) is 5.56 Å². The average molecular weight is 404 g/mol. The first-order chi connectivity index (χ1) is 14.6. The summed E-state index contributed by atoms with van der Waals surface area (Å²) in [5.41, 5.74) is 3.71. The summed E-state index contributed by atoms with van der Waals surface area (Å²) in [6.07, 6.45) is 1.01. The van der Waals surface area contributed by atoms with Gasteiger partial charge in [0.25, 0.3) is 11.3 Å². The molecule has 0 aliphatic heterocycles. The number of fused-ring (bicyclic) bond motifs is 1. The van der Waals surface area contributed by atoms with Crippen LogP contribution in [0.4, 0.5) is 11.6 Å². The predicted octanol–water partition coefficient (Wildman–Crippen LogP) is 3.21. The predicted molar refractivity (Wildman–Crippen MR) is 117 cm³/mol. The Kier molecular flexibility index (Phi) is 5.65. The largest absolute Gasteiger partial charge is 0.497 e. The zero-order valence-electron chi connectivity index (χ0n) is 17.0. The Morgan fingerprint density at radius 2 is 1.80 bits per heavy atom. The number of hydrogen-bond donors (Lipinski definition) is 3. The van der Waals surface area contributed by atoms with Crippen LogP contribution in [0.1, 0.15) is 23.7 Å². The van der Waals surface area contributed by atoms with E-state index in [1.165, 1.54) is 16.1 Å². The van der Waals surface area contributed by atoms with Crippen LogP contribution in [0.3, 0.4) is 0 Å². The number of aryl methyl sites for hydroxylation is 1. The highest BCUT2D eigenvalue weighted by Gasteiger charge is 2.08. The third-order valence-corrected chi connectivity index (χ3v) is 4.82. The molecule has 30 heavy (non-hydrogen) atoms. The summed E-state index contributed by atoms with van der Waals surface area (Å²) in [6, 6.07) is 17.5. The normalized spacial score (nSPS) is 10.9. The Morgan fingerprint density at radius 3 is 2.57 bits per heavy atom. The third-order valence-electron chi connectivity index (χ3n) is 4.82. The minimum Gasteiger partial charge on any atom is -0.497 e. The summed E-state index contributed by atoms with van der Waals surface area (Å²) in [5, 5.41) is 9.41. The molecule has 4 aromatic rings. The van der Waals surface area contributed by atoms with Crippen molar-refractivity contribution in [3.05, 3.63) is 81.8 Å². The number of ether oxygens (including phenoxy) is 1. The zero-order chi connectivity index (χ0) is 20.9. The van der Waals surface area contributed by atoms with Crippen LogP contribution in [0.15, 0.2) is 59.4 Å². The van der Waals surface area contributed by atoms with E-state index in [1.54, 1.807) is 7.11 Å². The second-order valence-corrected chi connectivity index (χ2v) is 6.90. The summed E-state index contributed by atoms with van der Waals surface area (Å²) in [5.74, 6) is 1.58. The standard InChI is InChI=1S/C22H24N6O2/c1-3-15-7-9-16(10-8-15)13-24-21-26-22-25-18(12-20(29)28(22)27-21)14-23-17-5-4-6-19(11-17)30-2/h4-12,23H,3,13-14H2,1-2H3,(H2,24,25,26,27). The van der Waals surface area contributed by atoms with E-state index >= 15 is 0 Å². The van der Waals surface area contributed by atoms with Crippen molar-refractivity contribution in [2.45, 2.75) is 26.4 Å². The highest BCUT2D eigenvalue weighted by molar-refractivity contribution is 5.48. The van der Waals surface area contributed by atoms with Crippen molar-refractivity contribution in [1.29, 1.82) is 0 Å². The number of methoxy groups -OCH3 is 1. The molecule has 0 unspecified atom stereocenters. The van der Waals surface area contributed by atoms with Crippen LogP contribution >= 0.6 is 0 Å². The van der Waals surface area contributed by atoms with Gasteiger partial charge in [0.05, 0.1) is 19.3 Å². The molecular weight excluding hydrogens is 380 g/mol. The van der Waals surface area contributed by atoms with Gasteiger partial charge >= 0.3 is 0 Å². The molecule has 0 aliphatic rings. The van der Waals surface area contributed by atoms with Crippen molar-refractivity contribution in [3.63, 3.8) is 0 Å². The van der Waals surface area contributed by atoms with Gasteiger partial charge < -0.3 is 15.4 Å². The van der Waals surface area contributed by atoms with E-state index < -0.39 is 0 Å². The van der Waals surface area contributed by atoms with Gasteiger partial charge in [-0.2, -0.15) is 9.50 Å². The van der Waals surface area contributed by atoms with Crippen LogP contribution in [0.2, 0.25) is 0 Å². The smallest absolute Gasteiger partial charge is 0.274 e. The number of hydrogen-bond acceptors (Lipinski definition) is 6. The molecule has 0 saturated carbocycles. The first kappa shape index (κ1) is 19.5. The molecule has 0 radical (unpaired) electrons. The maximum absolute atomic E-state index is 12.4. The van der Waals surface area contributed by atoms with Gasteiger partial charge in [0.15, 0.2) is 0 Å². The summed E-state index contributed by atoms with van der Waals surface area (Å²) >= 11 is 0. The fraction of sp³-hybridized carbons (Fsp3) is 0.227. The fourth-order valence-electron chi connectivity index (χ4n) is 3.10. The molecule has 0 aliphatic carbocycles. The van der Waals surface area contributed by atoms with E-state index in [2.05, 4.69) is 56.9 Å². The number of nitrogens with one attached hydrogen (secondary N) is 3. The quantitative estimate of drug-likeness (QED) is 0.417. The van der Waals surface area contributed by atoms with Gasteiger partial charge in [-0.3, -0.25) is 9.89 Å². The van der Waals surface area contributed by atoms with Gasteiger partial charge in [0, 0.05) is 24.4 Å². The Morgan fingerprint density at radius 1 is 1.00 bits per heavy atom. The van der Waals surface area contributed by atoms with E-state index in [9.17, 15) is 4.79 Å². The second kappa shape index (κ2) is 8.69. The van der Waals surface area contributed by atoms with Crippen molar-refractivity contribution < 1.29 is 4.74 Å². The maximum Gasteiger partial charge on any atom is 0.274 e. The third kappa shape index (κ3) is 4.43. The molecule has 0 saturated heterocycles. The van der Waals surface area contributed by atoms with Gasteiger partial charge in [0.2, 0.25) is 5.95 Å². The van der Waals surface area contributed by atoms with Crippen molar-refractivity contribution in [1.82, 2.24) is 19.6 Å². The van der Waals surface area contributed by atoms with Gasteiger partial charge in [-0.15, -0.1) is 0 Å². The van der Waals surface area contributed by atoms with E-state index in [4.69, 9.17) is 4.74 Å². The SMILES string of the molecule is CCc1ccc(CNc2nc3nc(CNc4cccc(OC)c4)cc(=O)n3[nH]2)cc1. The van der Waals surface area contributed by atoms with Crippen LogP contribution in [-0.4, -0.2) is 26.7 Å². The molecule has 3 N–H and O–H groups in total. The van der Waals surface area contributed by atoms with Crippen LogP contribution in [0.5, 0.6) is 5.75 Å². The molecule has 0 bridgehead atoms. The number of aromatic nitrogens is 4. The molecule has 154 valence electrons. The number of nitrogens with zero attached hydrogens (tertiary/aromatic N) is 3. The average Bonchev–Trinajstić information content (AvgIpc) is 3.20. The highest BCUT2D eigenvalue weighted by atomic mass is 16.5. The molecule has 2 aromatic carbocycles. The molecule has 2 aromatic heterocycles. The van der Waals surface area contributed by atoms with Crippen molar-refractivity contribution >= 4 is 17.4 Å². The van der Waals surface area contributed by atoms with E-state index in [1.807, 2.05) is 24.3 Å². The Bertz CT molecular complexity index is 1200. The number of aromatic amines is 1. The van der Waals surface area contributed by atoms with Gasteiger partial charge in [-0.25, -0.2) is 4.98 Å². The van der Waals surface area contributed by atoms with Gasteiger partial charge in [0.1, 0.15) is 5.75 Å². The molecule has 0 atom stereocenters. The molecule has 8 heteroatoms. The summed E-state index contributed by atoms with van der Waals surface area (Å²) in [7, 11) is 1.62. The Balaban J connectivity index is 1.45. The molecular formula is C22H24N6O2. The zero-order valence-corrected chi connectivity index (χ0v) is 17.0. The van der Waals surface area contributed by atoms with Crippen molar-refractivity contribution in [2.24, 2.45) is 0 Å². The number of benzene rings is 2. The van der Waals surface area contributed by atoms with E-state index in [0.29, 0.717) is 30.5 Å². The Labute approximate surface area is 173 Å². The highest BCUT2D eigenvalue weighted by Crippen LogP contribution is 2.17. The molecule has 0 fully saturated rings. The van der Waals surface area contributed by atoms with Gasteiger partial charge in [-0.05, 0) is 29.7 Å². The summed E-state index contributed by atoms with van der Waals surface area (Å²) in [6.45, 7) is 3.13. The lowest BCUT2D eigenvalue weighted by molar-refractivity contribution is 0.415. The molecule has 0 amide bonds.